The zero-order valence-electron chi connectivity index (χ0n) is 11.6. The zero-order valence-corrected chi connectivity index (χ0v) is 11.6. The number of hydrogen-bond acceptors (Lipinski definition) is 5. The third-order valence-electron chi connectivity index (χ3n) is 2.77. The molecule has 0 aliphatic heterocycles. The lowest BCUT2D eigenvalue weighted by Gasteiger charge is -2.14. The summed E-state index contributed by atoms with van der Waals surface area (Å²) < 4.78 is 15.2. The van der Waals surface area contributed by atoms with E-state index in [1.807, 2.05) is 24.3 Å². The Morgan fingerprint density at radius 1 is 1.26 bits per heavy atom. The third-order valence-corrected chi connectivity index (χ3v) is 2.77. The van der Waals surface area contributed by atoms with Crippen LogP contribution in [0.5, 0.6) is 5.75 Å². The molecule has 1 unspecified atom stereocenters. The molecule has 0 fully saturated rings. The summed E-state index contributed by atoms with van der Waals surface area (Å²) in [6.07, 6.45) is 0.873. The third kappa shape index (κ3) is 5.28. The maximum absolute atomic E-state index is 11.4. The Morgan fingerprint density at radius 2 is 1.95 bits per heavy atom. The zero-order chi connectivity index (χ0) is 14.1. The SMILES string of the molecule is CNC(COc1ccc(CCOC)cc1)C(=O)OC. The smallest absolute Gasteiger partial charge is 0.326 e. The van der Waals surface area contributed by atoms with Gasteiger partial charge < -0.3 is 19.5 Å². The van der Waals surface area contributed by atoms with E-state index in [2.05, 4.69) is 10.1 Å². The van der Waals surface area contributed by atoms with E-state index in [1.165, 1.54) is 12.7 Å². The van der Waals surface area contributed by atoms with Gasteiger partial charge in [-0.05, 0) is 31.2 Å². The molecular formula is C14H21NO4. The van der Waals surface area contributed by atoms with Crippen molar-refractivity contribution in [2.24, 2.45) is 0 Å². The summed E-state index contributed by atoms with van der Waals surface area (Å²) in [6, 6.07) is 7.28. The van der Waals surface area contributed by atoms with Gasteiger partial charge in [-0.25, -0.2) is 0 Å². The first-order valence-corrected chi connectivity index (χ1v) is 6.17. The molecule has 0 bridgehead atoms. The minimum atomic E-state index is -0.460. The molecule has 0 saturated heterocycles. The van der Waals surface area contributed by atoms with Gasteiger partial charge in [0.25, 0.3) is 0 Å². The molecule has 0 aromatic heterocycles. The van der Waals surface area contributed by atoms with Gasteiger partial charge >= 0.3 is 5.97 Å². The molecule has 0 amide bonds. The molecule has 106 valence electrons. The molecule has 1 rings (SSSR count). The summed E-state index contributed by atoms with van der Waals surface area (Å²) in [4.78, 5) is 11.4. The Hall–Kier alpha value is -1.59. The van der Waals surface area contributed by atoms with Gasteiger partial charge in [0.05, 0.1) is 13.7 Å². The van der Waals surface area contributed by atoms with Crippen LogP contribution in [-0.4, -0.2) is 46.5 Å². The highest BCUT2D eigenvalue weighted by Crippen LogP contribution is 2.13. The lowest BCUT2D eigenvalue weighted by atomic mass is 10.1. The van der Waals surface area contributed by atoms with Crippen molar-refractivity contribution in [2.45, 2.75) is 12.5 Å². The summed E-state index contributed by atoms with van der Waals surface area (Å²) in [7, 11) is 4.73. The lowest BCUT2D eigenvalue weighted by molar-refractivity contribution is -0.143. The summed E-state index contributed by atoms with van der Waals surface area (Å²) in [6.45, 7) is 0.935. The van der Waals surface area contributed by atoms with Crippen LogP contribution in [0, 0.1) is 0 Å². The number of nitrogens with one attached hydrogen (secondary N) is 1. The van der Waals surface area contributed by atoms with Crippen molar-refractivity contribution >= 4 is 5.97 Å². The van der Waals surface area contributed by atoms with Crippen molar-refractivity contribution in [1.82, 2.24) is 5.32 Å². The predicted octanol–water partition coefficient (Wildman–Crippen LogP) is 1.02. The summed E-state index contributed by atoms with van der Waals surface area (Å²) in [5.74, 6) is 0.393. The molecule has 0 heterocycles. The molecule has 1 N–H and O–H groups in total. The second-order valence-corrected chi connectivity index (χ2v) is 4.06. The topological polar surface area (TPSA) is 56.8 Å². The lowest BCUT2D eigenvalue weighted by Crippen LogP contribution is -2.40. The Balaban J connectivity index is 2.46. The standard InChI is InChI=1S/C14H21NO4/c1-15-13(14(16)18-3)10-19-12-6-4-11(5-7-12)8-9-17-2/h4-7,13,15H,8-10H2,1-3H3. The summed E-state index contributed by atoms with van der Waals surface area (Å²) in [5, 5.41) is 2.85. The number of likely N-dealkylation sites (N-methyl/N-ethyl adjacent to an activating group) is 1. The van der Waals surface area contributed by atoms with Crippen molar-refractivity contribution in [3.05, 3.63) is 29.8 Å². The van der Waals surface area contributed by atoms with E-state index in [1.54, 1.807) is 14.2 Å². The number of carbonyl (C=O) groups is 1. The second-order valence-electron chi connectivity index (χ2n) is 4.06. The quantitative estimate of drug-likeness (QED) is 0.713. The number of benzene rings is 1. The first-order chi connectivity index (χ1) is 9.21. The van der Waals surface area contributed by atoms with Gasteiger partial charge in [0, 0.05) is 7.11 Å². The largest absolute Gasteiger partial charge is 0.491 e. The van der Waals surface area contributed by atoms with Gasteiger partial charge in [-0.3, -0.25) is 4.79 Å². The minimum Gasteiger partial charge on any atom is -0.491 e. The van der Waals surface area contributed by atoms with Crippen LogP contribution in [0.2, 0.25) is 0 Å². The van der Waals surface area contributed by atoms with Gasteiger partial charge in [-0.1, -0.05) is 12.1 Å². The molecule has 0 radical (unpaired) electrons. The molecular weight excluding hydrogens is 246 g/mol. The Morgan fingerprint density at radius 3 is 2.47 bits per heavy atom. The van der Waals surface area contributed by atoms with Crippen molar-refractivity contribution in [2.75, 3.05) is 34.5 Å². The molecule has 0 aliphatic rings. The maximum atomic E-state index is 11.4. The molecule has 0 spiro atoms. The number of esters is 1. The van der Waals surface area contributed by atoms with Crippen molar-refractivity contribution in [3.8, 4) is 5.75 Å². The highest BCUT2D eigenvalue weighted by molar-refractivity contribution is 5.75. The van der Waals surface area contributed by atoms with Crippen LogP contribution in [0.25, 0.3) is 0 Å². The fraction of sp³-hybridized carbons (Fsp3) is 0.500. The molecule has 5 heteroatoms. The van der Waals surface area contributed by atoms with E-state index in [0.717, 1.165) is 12.2 Å². The van der Waals surface area contributed by atoms with Crippen LogP contribution < -0.4 is 10.1 Å². The molecule has 1 aromatic carbocycles. The van der Waals surface area contributed by atoms with E-state index in [0.29, 0.717) is 6.61 Å². The van der Waals surface area contributed by atoms with Gasteiger partial charge in [0.2, 0.25) is 0 Å². The highest BCUT2D eigenvalue weighted by atomic mass is 16.5. The number of carbonyl (C=O) groups excluding carboxylic acids is 1. The average molecular weight is 267 g/mol. The van der Waals surface area contributed by atoms with E-state index in [-0.39, 0.29) is 12.6 Å². The van der Waals surface area contributed by atoms with Crippen LogP contribution in [0.3, 0.4) is 0 Å². The number of hydrogen-bond donors (Lipinski definition) is 1. The van der Waals surface area contributed by atoms with Crippen LogP contribution in [0.15, 0.2) is 24.3 Å². The first-order valence-electron chi connectivity index (χ1n) is 6.17. The van der Waals surface area contributed by atoms with Gasteiger partial charge in [0.15, 0.2) is 0 Å². The van der Waals surface area contributed by atoms with Crippen molar-refractivity contribution in [3.63, 3.8) is 0 Å². The second kappa shape index (κ2) is 8.50. The monoisotopic (exact) mass is 267 g/mol. The summed E-state index contributed by atoms with van der Waals surface area (Å²) in [5.41, 5.74) is 1.19. The van der Waals surface area contributed by atoms with Crippen LogP contribution in [-0.2, 0) is 20.7 Å². The molecule has 0 saturated carbocycles. The highest BCUT2D eigenvalue weighted by Gasteiger charge is 2.17. The van der Waals surface area contributed by atoms with E-state index in [9.17, 15) is 4.79 Å². The van der Waals surface area contributed by atoms with Crippen LogP contribution in [0.1, 0.15) is 5.56 Å². The fourth-order valence-corrected chi connectivity index (χ4v) is 1.56. The molecule has 1 aromatic rings. The van der Waals surface area contributed by atoms with Crippen LogP contribution >= 0.6 is 0 Å². The Labute approximate surface area is 113 Å². The van der Waals surface area contributed by atoms with E-state index in [4.69, 9.17) is 9.47 Å². The normalized spacial score (nSPS) is 11.9. The molecule has 19 heavy (non-hydrogen) atoms. The van der Waals surface area contributed by atoms with Crippen molar-refractivity contribution < 1.29 is 19.0 Å². The average Bonchev–Trinajstić information content (AvgIpc) is 2.46. The predicted molar refractivity (Wildman–Crippen MR) is 72.4 cm³/mol. The van der Waals surface area contributed by atoms with Gasteiger partial charge in [0.1, 0.15) is 18.4 Å². The fourth-order valence-electron chi connectivity index (χ4n) is 1.56. The minimum absolute atomic E-state index is 0.237. The van der Waals surface area contributed by atoms with Gasteiger partial charge in [-0.2, -0.15) is 0 Å². The Kier molecular flexibility index (Phi) is 6.92. The Bertz CT molecular complexity index is 378. The number of methoxy groups -OCH3 is 2. The van der Waals surface area contributed by atoms with E-state index >= 15 is 0 Å². The van der Waals surface area contributed by atoms with Crippen molar-refractivity contribution in [1.29, 1.82) is 0 Å². The number of ether oxygens (including phenoxy) is 3. The molecule has 0 aliphatic carbocycles. The van der Waals surface area contributed by atoms with E-state index < -0.39 is 6.04 Å². The first kappa shape index (κ1) is 15.5. The van der Waals surface area contributed by atoms with Crippen LogP contribution in [0.4, 0.5) is 0 Å². The molecule has 1 atom stereocenters. The number of rotatable bonds is 8. The molecule has 5 nitrogen and oxygen atoms in total. The summed E-state index contributed by atoms with van der Waals surface area (Å²) >= 11 is 0. The van der Waals surface area contributed by atoms with Gasteiger partial charge in [-0.15, -0.1) is 0 Å². The maximum Gasteiger partial charge on any atom is 0.326 e.